The lowest BCUT2D eigenvalue weighted by Crippen LogP contribution is -2.10. The number of ether oxygens (including phenoxy) is 1. The SMILES string of the molecule is CC(C)OCCCNc1nc(-c2ccsc2)nc2ccccc12. The predicted molar refractivity (Wildman–Crippen MR) is 97.0 cm³/mol. The number of para-hydroxylation sites is 1. The lowest BCUT2D eigenvalue weighted by atomic mass is 10.2. The highest BCUT2D eigenvalue weighted by Crippen LogP contribution is 2.25. The van der Waals surface area contributed by atoms with E-state index in [0.29, 0.717) is 0 Å². The fraction of sp³-hybridized carbons (Fsp3) is 0.333. The minimum atomic E-state index is 0.278. The van der Waals surface area contributed by atoms with Gasteiger partial charge in [-0.1, -0.05) is 12.1 Å². The number of nitrogens with zero attached hydrogens (tertiary/aromatic N) is 2. The summed E-state index contributed by atoms with van der Waals surface area (Å²) >= 11 is 1.66. The molecular weight excluding hydrogens is 306 g/mol. The van der Waals surface area contributed by atoms with E-state index in [0.717, 1.165) is 47.7 Å². The van der Waals surface area contributed by atoms with Crippen LogP contribution in [-0.2, 0) is 4.74 Å². The molecule has 0 bridgehead atoms. The molecule has 0 amide bonds. The number of hydrogen-bond donors (Lipinski definition) is 1. The highest BCUT2D eigenvalue weighted by Gasteiger charge is 2.09. The van der Waals surface area contributed by atoms with Crippen LogP contribution in [0.4, 0.5) is 5.82 Å². The second kappa shape index (κ2) is 7.53. The van der Waals surface area contributed by atoms with Gasteiger partial charge in [0.15, 0.2) is 5.82 Å². The Morgan fingerprint density at radius 1 is 1.17 bits per heavy atom. The molecule has 0 aliphatic rings. The molecule has 3 aromatic rings. The number of hydrogen-bond acceptors (Lipinski definition) is 5. The van der Waals surface area contributed by atoms with Crippen LogP contribution in [0, 0.1) is 0 Å². The summed E-state index contributed by atoms with van der Waals surface area (Å²) < 4.78 is 5.58. The van der Waals surface area contributed by atoms with E-state index in [1.54, 1.807) is 11.3 Å². The van der Waals surface area contributed by atoms with Crippen molar-refractivity contribution in [2.75, 3.05) is 18.5 Å². The number of benzene rings is 1. The number of anilines is 1. The molecule has 1 N–H and O–H groups in total. The Kier molecular flexibility index (Phi) is 5.20. The van der Waals surface area contributed by atoms with E-state index >= 15 is 0 Å². The van der Waals surface area contributed by atoms with Gasteiger partial charge in [0.1, 0.15) is 5.82 Å². The van der Waals surface area contributed by atoms with E-state index in [4.69, 9.17) is 9.72 Å². The van der Waals surface area contributed by atoms with Crippen LogP contribution in [0.15, 0.2) is 41.1 Å². The number of thiophene rings is 1. The van der Waals surface area contributed by atoms with Crippen molar-refractivity contribution in [1.82, 2.24) is 9.97 Å². The molecule has 5 heteroatoms. The van der Waals surface area contributed by atoms with Gasteiger partial charge >= 0.3 is 0 Å². The fourth-order valence-electron chi connectivity index (χ4n) is 2.33. The van der Waals surface area contributed by atoms with E-state index in [9.17, 15) is 0 Å². The molecule has 0 saturated carbocycles. The van der Waals surface area contributed by atoms with Crippen molar-refractivity contribution in [2.24, 2.45) is 0 Å². The number of nitrogens with one attached hydrogen (secondary N) is 1. The maximum Gasteiger partial charge on any atom is 0.162 e. The minimum Gasteiger partial charge on any atom is -0.379 e. The van der Waals surface area contributed by atoms with Crippen LogP contribution in [0.2, 0.25) is 0 Å². The Labute approximate surface area is 140 Å². The molecule has 0 spiro atoms. The Balaban J connectivity index is 1.80. The van der Waals surface area contributed by atoms with Gasteiger partial charge in [0, 0.05) is 29.5 Å². The van der Waals surface area contributed by atoms with E-state index in [1.165, 1.54) is 0 Å². The third-order valence-electron chi connectivity index (χ3n) is 3.45. The van der Waals surface area contributed by atoms with Gasteiger partial charge in [-0.3, -0.25) is 0 Å². The van der Waals surface area contributed by atoms with Crippen molar-refractivity contribution in [1.29, 1.82) is 0 Å². The fourth-order valence-corrected chi connectivity index (χ4v) is 2.96. The summed E-state index contributed by atoms with van der Waals surface area (Å²) in [5.41, 5.74) is 2.02. The molecule has 23 heavy (non-hydrogen) atoms. The van der Waals surface area contributed by atoms with E-state index in [1.807, 2.05) is 23.6 Å². The van der Waals surface area contributed by atoms with Crippen LogP contribution in [0.25, 0.3) is 22.3 Å². The topological polar surface area (TPSA) is 47.0 Å². The van der Waals surface area contributed by atoms with Crippen LogP contribution < -0.4 is 5.32 Å². The normalized spacial score (nSPS) is 11.3. The number of aromatic nitrogens is 2. The number of rotatable bonds is 7. The molecule has 0 saturated heterocycles. The first-order chi connectivity index (χ1) is 11.2. The van der Waals surface area contributed by atoms with Crippen molar-refractivity contribution in [3.63, 3.8) is 0 Å². The largest absolute Gasteiger partial charge is 0.379 e. The van der Waals surface area contributed by atoms with Gasteiger partial charge in [-0.05, 0) is 43.8 Å². The average molecular weight is 327 g/mol. The zero-order valence-electron chi connectivity index (χ0n) is 13.5. The van der Waals surface area contributed by atoms with Crippen molar-refractivity contribution < 1.29 is 4.74 Å². The lowest BCUT2D eigenvalue weighted by molar-refractivity contribution is 0.0787. The van der Waals surface area contributed by atoms with Crippen molar-refractivity contribution in [3.8, 4) is 11.4 Å². The van der Waals surface area contributed by atoms with Crippen molar-refractivity contribution in [2.45, 2.75) is 26.4 Å². The molecule has 2 heterocycles. The maximum absolute atomic E-state index is 5.58. The van der Waals surface area contributed by atoms with Crippen LogP contribution in [-0.4, -0.2) is 29.2 Å². The Hall–Kier alpha value is -1.98. The van der Waals surface area contributed by atoms with Crippen LogP contribution >= 0.6 is 11.3 Å². The van der Waals surface area contributed by atoms with Gasteiger partial charge < -0.3 is 10.1 Å². The van der Waals surface area contributed by atoms with Crippen LogP contribution in [0.5, 0.6) is 0 Å². The van der Waals surface area contributed by atoms with Crippen LogP contribution in [0.3, 0.4) is 0 Å². The second-order valence-electron chi connectivity index (χ2n) is 5.62. The standard InChI is InChI=1S/C18H21N3OS/c1-13(2)22-10-5-9-19-18-15-6-3-4-7-16(15)20-17(21-18)14-8-11-23-12-14/h3-4,6-8,11-13H,5,9-10H2,1-2H3,(H,19,20,21). The van der Waals surface area contributed by atoms with Gasteiger partial charge in [-0.15, -0.1) is 0 Å². The van der Waals surface area contributed by atoms with Gasteiger partial charge in [-0.2, -0.15) is 11.3 Å². The highest BCUT2D eigenvalue weighted by atomic mass is 32.1. The third kappa shape index (κ3) is 4.06. The summed E-state index contributed by atoms with van der Waals surface area (Å²) in [6.45, 7) is 5.69. The van der Waals surface area contributed by atoms with E-state index in [-0.39, 0.29) is 6.10 Å². The molecule has 1 aromatic carbocycles. The molecule has 4 nitrogen and oxygen atoms in total. The second-order valence-corrected chi connectivity index (χ2v) is 6.40. The minimum absolute atomic E-state index is 0.278. The summed E-state index contributed by atoms with van der Waals surface area (Å²) in [7, 11) is 0. The van der Waals surface area contributed by atoms with Crippen molar-refractivity contribution >= 4 is 28.1 Å². The molecule has 0 fully saturated rings. The highest BCUT2D eigenvalue weighted by molar-refractivity contribution is 7.08. The van der Waals surface area contributed by atoms with Gasteiger partial charge in [0.25, 0.3) is 0 Å². The quantitative estimate of drug-likeness (QED) is 0.645. The zero-order chi connectivity index (χ0) is 16.1. The number of fused-ring (bicyclic) bond motifs is 1. The maximum atomic E-state index is 5.58. The van der Waals surface area contributed by atoms with Gasteiger partial charge in [0.2, 0.25) is 0 Å². The van der Waals surface area contributed by atoms with Gasteiger partial charge in [0.05, 0.1) is 11.6 Å². The summed E-state index contributed by atoms with van der Waals surface area (Å²) in [4.78, 5) is 9.40. The predicted octanol–water partition coefficient (Wildman–Crippen LogP) is 4.59. The monoisotopic (exact) mass is 327 g/mol. The Morgan fingerprint density at radius 2 is 2.04 bits per heavy atom. The molecule has 0 aliphatic carbocycles. The van der Waals surface area contributed by atoms with Crippen molar-refractivity contribution in [3.05, 3.63) is 41.1 Å². The van der Waals surface area contributed by atoms with Crippen LogP contribution in [0.1, 0.15) is 20.3 Å². The smallest absolute Gasteiger partial charge is 0.162 e. The molecule has 3 rings (SSSR count). The first-order valence-corrected chi connectivity index (χ1v) is 8.83. The summed E-state index contributed by atoms with van der Waals surface area (Å²) in [5, 5.41) is 8.61. The van der Waals surface area contributed by atoms with E-state index < -0.39 is 0 Å². The molecule has 0 atom stereocenters. The molecular formula is C18H21N3OS. The summed E-state index contributed by atoms with van der Waals surface area (Å²) in [6.07, 6.45) is 1.23. The first kappa shape index (κ1) is 15.9. The summed E-state index contributed by atoms with van der Waals surface area (Å²) in [5.74, 6) is 1.66. The molecule has 0 unspecified atom stereocenters. The Bertz CT molecular complexity index is 756. The van der Waals surface area contributed by atoms with E-state index in [2.05, 4.69) is 41.7 Å². The molecule has 0 radical (unpaired) electrons. The van der Waals surface area contributed by atoms with Gasteiger partial charge in [-0.25, -0.2) is 9.97 Å². The summed E-state index contributed by atoms with van der Waals surface area (Å²) in [6, 6.07) is 10.2. The molecule has 0 aliphatic heterocycles. The Morgan fingerprint density at radius 3 is 2.83 bits per heavy atom. The average Bonchev–Trinajstić information content (AvgIpc) is 3.08. The molecule has 2 aromatic heterocycles. The zero-order valence-corrected chi connectivity index (χ0v) is 14.3. The first-order valence-electron chi connectivity index (χ1n) is 7.89. The third-order valence-corrected chi connectivity index (χ3v) is 4.13. The molecule has 120 valence electrons. The lowest BCUT2D eigenvalue weighted by Gasteiger charge is -2.11.